The molecule has 37 heavy (non-hydrogen) atoms. The van der Waals surface area contributed by atoms with E-state index >= 15 is 0 Å². The van der Waals surface area contributed by atoms with Crippen molar-refractivity contribution >= 4 is 38.0 Å². The summed E-state index contributed by atoms with van der Waals surface area (Å²) in [5.74, 6) is -5.46. The largest absolute Gasteiger partial charge is 0.474 e. The molecule has 2 aliphatic heterocycles. The van der Waals surface area contributed by atoms with Gasteiger partial charge in [0.1, 0.15) is 12.4 Å². The zero-order valence-electron chi connectivity index (χ0n) is 22.8. The summed E-state index contributed by atoms with van der Waals surface area (Å²) in [7, 11) is -0.804. The first kappa shape index (κ1) is 30.6. The highest BCUT2D eigenvalue weighted by Gasteiger charge is 2.57. The van der Waals surface area contributed by atoms with Gasteiger partial charge in [0.05, 0.1) is 30.7 Å². The molecule has 1 N–H and O–H groups in total. The molecule has 2 aliphatic rings. The summed E-state index contributed by atoms with van der Waals surface area (Å²) in [6, 6.07) is -1.32. The van der Waals surface area contributed by atoms with Crippen molar-refractivity contribution < 1.29 is 43.0 Å². The Morgan fingerprint density at radius 3 is 2.38 bits per heavy atom. The average Bonchev–Trinajstić information content (AvgIpc) is 3.20. The SMILES string of the molecule is C=CCOC(=O)N1CC(C(=O)C[C@@H]2[C@@H]([C@@H](C)O[Si](C)(C)C(C)(C)C)C(=O)N2C(=O)C(=O)O)C[C@H]1COC. The van der Waals surface area contributed by atoms with E-state index < -0.39 is 56.2 Å². The van der Waals surface area contributed by atoms with Crippen molar-refractivity contribution in [2.24, 2.45) is 11.8 Å². The van der Waals surface area contributed by atoms with Crippen molar-refractivity contribution in [2.75, 3.05) is 26.9 Å². The Bertz CT molecular complexity index is 930. The van der Waals surface area contributed by atoms with Crippen LogP contribution in [-0.4, -0.2) is 97.9 Å². The van der Waals surface area contributed by atoms with Crippen LogP contribution in [0.2, 0.25) is 18.1 Å². The number of imide groups is 1. The number of carboxylic acid groups (broad SMARTS) is 1. The van der Waals surface area contributed by atoms with Gasteiger partial charge in [-0.2, -0.15) is 0 Å². The molecule has 0 aromatic rings. The first-order chi connectivity index (χ1) is 17.1. The number of Topliss-reactive ketones (excluding diaryl/α,β-unsaturated/α-hetero) is 1. The number of aliphatic carboxylic acids is 1. The third-order valence-electron chi connectivity index (χ3n) is 7.66. The summed E-state index contributed by atoms with van der Waals surface area (Å²) in [4.78, 5) is 64.6. The molecule has 2 heterocycles. The Hall–Kier alpha value is -2.57. The minimum atomic E-state index is -2.30. The van der Waals surface area contributed by atoms with E-state index in [0.29, 0.717) is 11.3 Å². The monoisotopic (exact) mass is 540 g/mol. The highest BCUT2D eigenvalue weighted by atomic mass is 28.4. The number of methoxy groups -OCH3 is 1. The lowest BCUT2D eigenvalue weighted by molar-refractivity contribution is -0.178. The molecule has 5 atom stereocenters. The molecule has 2 rings (SSSR count). The molecule has 0 spiro atoms. The minimum absolute atomic E-state index is 0.0257. The van der Waals surface area contributed by atoms with E-state index in [1.807, 2.05) is 13.1 Å². The smallest absolute Gasteiger partial charge is 0.410 e. The molecule has 0 bridgehead atoms. The van der Waals surface area contributed by atoms with E-state index in [2.05, 4.69) is 27.4 Å². The molecule has 0 aliphatic carbocycles. The molecular weight excluding hydrogens is 500 g/mol. The lowest BCUT2D eigenvalue weighted by Gasteiger charge is -2.49. The van der Waals surface area contributed by atoms with Gasteiger partial charge >= 0.3 is 18.0 Å². The maximum absolute atomic E-state index is 13.4. The van der Waals surface area contributed by atoms with E-state index in [0.717, 1.165) is 0 Å². The number of carbonyl (C=O) groups is 5. The summed E-state index contributed by atoms with van der Waals surface area (Å²) in [6.07, 6.45) is 0.341. The molecule has 2 fully saturated rings. The van der Waals surface area contributed by atoms with Crippen molar-refractivity contribution in [2.45, 2.75) is 76.9 Å². The van der Waals surface area contributed by atoms with Gasteiger partial charge in [0.15, 0.2) is 8.32 Å². The van der Waals surface area contributed by atoms with E-state index in [1.165, 1.54) is 18.1 Å². The van der Waals surface area contributed by atoms with Gasteiger partial charge in [0, 0.05) is 26.0 Å². The summed E-state index contributed by atoms with van der Waals surface area (Å²) in [5, 5.41) is 9.11. The van der Waals surface area contributed by atoms with Crippen LogP contribution in [-0.2, 0) is 33.1 Å². The maximum Gasteiger partial charge on any atom is 0.410 e. The van der Waals surface area contributed by atoms with Gasteiger partial charge in [-0.3, -0.25) is 19.3 Å². The zero-order chi connectivity index (χ0) is 28.3. The average molecular weight is 541 g/mol. The fraction of sp³-hybridized carbons (Fsp3) is 0.720. The number of hydrogen-bond acceptors (Lipinski definition) is 8. The molecule has 0 aromatic heterocycles. The zero-order valence-corrected chi connectivity index (χ0v) is 23.8. The summed E-state index contributed by atoms with van der Waals surface area (Å²) >= 11 is 0. The Morgan fingerprint density at radius 2 is 1.86 bits per heavy atom. The fourth-order valence-electron chi connectivity index (χ4n) is 4.68. The number of carbonyl (C=O) groups excluding carboxylic acids is 4. The van der Waals surface area contributed by atoms with E-state index in [9.17, 15) is 29.1 Å². The second kappa shape index (κ2) is 11.9. The first-order valence-corrected chi connectivity index (χ1v) is 15.3. The van der Waals surface area contributed by atoms with Crippen molar-refractivity contribution in [3.8, 4) is 0 Å². The van der Waals surface area contributed by atoms with Gasteiger partial charge in [0.2, 0.25) is 5.91 Å². The van der Waals surface area contributed by atoms with Crippen LogP contribution >= 0.6 is 0 Å². The second-order valence-corrected chi connectivity index (χ2v) is 16.0. The van der Waals surface area contributed by atoms with E-state index in [-0.39, 0.29) is 43.0 Å². The van der Waals surface area contributed by atoms with Crippen molar-refractivity contribution in [1.29, 1.82) is 0 Å². The van der Waals surface area contributed by atoms with Crippen LogP contribution in [0.5, 0.6) is 0 Å². The third-order valence-corrected chi connectivity index (χ3v) is 12.2. The summed E-state index contributed by atoms with van der Waals surface area (Å²) in [5.41, 5.74) is 0. The van der Waals surface area contributed by atoms with Gasteiger partial charge in [-0.15, -0.1) is 0 Å². The predicted molar refractivity (Wildman–Crippen MR) is 136 cm³/mol. The first-order valence-electron chi connectivity index (χ1n) is 12.4. The van der Waals surface area contributed by atoms with Gasteiger partial charge in [-0.1, -0.05) is 33.4 Å². The lowest BCUT2D eigenvalue weighted by Crippen LogP contribution is -2.68. The molecule has 0 saturated carbocycles. The molecule has 11 nitrogen and oxygen atoms in total. The Kier molecular flexibility index (Phi) is 9.83. The summed E-state index contributed by atoms with van der Waals surface area (Å²) < 4.78 is 16.7. The Morgan fingerprint density at radius 1 is 1.24 bits per heavy atom. The molecule has 12 heteroatoms. The number of carboxylic acids is 1. The van der Waals surface area contributed by atoms with Crippen LogP contribution < -0.4 is 0 Å². The number of β-lactam (4-membered cyclic amide) rings is 1. The molecule has 3 amide bonds. The number of rotatable bonds is 10. The predicted octanol–water partition coefficient (Wildman–Crippen LogP) is 2.45. The van der Waals surface area contributed by atoms with Gasteiger partial charge < -0.3 is 23.9 Å². The number of ketones is 1. The van der Waals surface area contributed by atoms with Crippen molar-refractivity contribution in [3.63, 3.8) is 0 Å². The van der Waals surface area contributed by atoms with E-state index in [1.54, 1.807) is 6.92 Å². The number of amides is 3. The Balaban J connectivity index is 2.23. The Labute approximate surface area is 219 Å². The fourth-order valence-corrected chi connectivity index (χ4v) is 6.11. The molecule has 1 unspecified atom stereocenters. The van der Waals surface area contributed by atoms with Crippen molar-refractivity contribution in [3.05, 3.63) is 12.7 Å². The molecular formula is C25H40N2O9Si. The van der Waals surface area contributed by atoms with Crippen LogP contribution in [0.1, 0.15) is 40.5 Å². The van der Waals surface area contributed by atoms with Gasteiger partial charge in [-0.25, -0.2) is 9.59 Å². The highest BCUT2D eigenvalue weighted by molar-refractivity contribution is 6.74. The minimum Gasteiger partial charge on any atom is -0.474 e. The van der Waals surface area contributed by atoms with Gasteiger partial charge in [0.25, 0.3) is 0 Å². The maximum atomic E-state index is 13.4. The number of hydrogen-bond donors (Lipinski definition) is 1. The standard InChI is InChI=1S/C25H40N2O9Si/c1-9-10-35-24(33)26-13-16(11-17(26)14-34-6)19(28)12-18-20(21(29)27(18)22(30)23(31)32)15(2)36-37(7,8)25(3,4)5/h9,15-18,20H,1,10-14H2,2-8H3,(H,31,32)/t15-,16?,17+,18-,20-/m1/s1. The molecule has 208 valence electrons. The van der Waals surface area contributed by atoms with Crippen molar-refractivity contribution in [1.82, 2.24) is 9.80 Å². The quantitative estimate of drug-likeness (QED) is 0.191. The second-order valence-electron chi connectivity index (χ2n) is 11.2. The number of ether oxygens (including phenoxy) is 2. The van der Waals surface area contributed by atoms with Crippen LogP contribution in [0.25, 0.3) is 0 Å². The highest BCUT2D eigenvalue weighted by Crippen LogP contribution is 2.41. The lowest BCUT2D eigenvalue weighted by atomic mass is 9.78. The van der Waals surface area contributed by atoms with E-state index in [4.69, 9.17) is 13.9 Å². The van der Waals surface area contributed by atoms with Crippen LogP contribution in [0, 0.1) is 11.8 Å². The molecule has 2 saturated heterocycles. The number of nitrogens with zero attached hydrogens (tertiary/aromatic N) is 2. The third kappa shape index (κ3) is 6.66. The normalized spacial score (nSPS) is 24.9. The van der Waals surface area contributed by atoms with Crippen LogP contribution in [0.4, 0.5) is 4.79 Å². The van der Waals surface area contributed by atoms with Crippen LogP contribution in [0.3, 0.4) is 0 Å². The number of likely N-dealkylation sites (tertiary alicyclic amines) is 2. The van der Waals surface area contributed by atoms with Gasteiger partial charge in [-0.05, 0) is 31.5 Å². The molecule has 0 radical (unpaired) electrons. The summed E-state index contributed by atoms with van der Waals surface area (Å²) in [6.45, 7) is 15.8. The molecule has 0 aromatic carbocycles. The topological polar surface area (TPSA) is 140 Å². The van der Waals surface area contributed by atoms with Crippen LogP contribution in [0.15, 0.2) is 12.7 Å².